The van der Waals surface area contributed by atoms with Gasteiger partial charge in [0.1, 0.15) is 5.69 Å². The average molecular weight is 349 g/mol. The zero-order valence-electron chi connectivity index (χ0n) is 13.2. The van der Waals surface area contributed by atoms with Crippen LogP contribution < -0.4 is 5.56 Å². The lowest BCUT2D eigenvalue weighted by atomic mass is 10.1. The van der Waals surface area contributed by atoms with E-state index in [0.29, 0.717) is 10.8 Å². The third kappa shape index (κ3) is 2.40. The molecule has 1 N–H and O–H groups in total. The van der Waals surface area contributed by atoms with Crippen molar-refractivity contribution < 1.29 is 19.2 Å². The number of H-pyrrole nitrogens is 1. The molecule has 3 aromatic rings. The van der Waals surface area contributed by atoms with E-state index in [-0.39, 0.29) is 16.8 Å². The Morgan fingerprint density at radius 3 is 2.04 bits per heavy atom. The van der Waals surface area contributed by atoms with Crippen molar-refractivity contribution in [1.82, 2.24) is 14.8 Å². The van der Waals surface area contributed by atoms with Gasteiger partial charge in [-0.25, -0.2) is 9.48 Å². The molecule has 26 heavy (non-hydrogen) atoms. The predicted octanol–water partition coefficient (Wildman–Crippen LogP) is 1.53. The summed E-state index contributed by atoms with van der Waals surface area (Å²) < 4.78 is 1.15. The smallest absolute Gasteiger partial charge is 0.323 e. The zero-order chi connectivity index (χ0) is 18.3. The molecule has 0 aliphatic carbocycles. The highest BCUT2D eigenvalue weighted by molar-refractivity contribution is 6.21. The average Bonchev–Trinajstić information content (AvgIpc) is 3.17. The summed E-state index contributed by atoms with van der Waals surface area (Å²) in [7, 11) is 0. The predicted molar refractivity (Wildman–Crippen MR) is 88.7 cm³/mol. The number of imide groups is 1. The second kappa shape index (κ2) is 5.85. The van der Waals surface area contributed by atoms with Gasteiger partial charge in [-0.3, -0.25) is 19.5 Å². The third-order valence-electron chi connectivity index (χ3n) is 3.89. The molecule has 0 radical (unpaired) electrons. The van der Waals surface area contributed by atoms with Gasteiger partial charge in [0, 0.05) is 6.07 Å². The minimum atomic E-state index is -1.02. The fourth-order valence-electron chi connectivity index (χ4n) is 2.65. The molecule has 0 unspecified atom stereocenters. The maximum Gasteiger partial charge on any atom is 0.381 e. The van der Waals surface area contributed by atoms with Crippen molar-refractivity contribution in [1.29, 1.82) is 0 Å². The van der Waals surface area contributed by atoms with Crippen LogP contribution in [0, 0.1) is 0 Å². The molecule has 2 heterocycles. The largest absolute Gasteiger partial charge is 0.381 e. The molecule has 1 aliphatic heterocycles. The van der Waals surface area contributed by atoms with Crippen molar-refractivity contribution >= 4 is 17.8 Å². The maximum absolute atomic E-state index is 12.3. The van der Waals surface area contributed by atoms with Crippen molar-refractivity contribution in [3.63, 3.8) is 0 Å². The molecule has 8 nitrogen and oxygen atoms in total. The molecule has 128 valence electrons. The number of para-hydroxylation sites is 1. The number of nitrogens with one attached hydrogen (secondary N) is 1. The molecular formula is C18H11N3O5. The molecule has 2 amide bonds. The Labute approximate surface area is 146 Å². The highest BCUT2D eigenvalue weighted by Gasteiger charge is 2.39. The zero-order valence-corrected chi connectivity index (χ0v) is 13.2. The van der Waals surface area contributed by atoms with Crippen LogP contribution >= 0.6 is 0 Å². The van der Waals surface area contributed by atoms with E-state index in [0.717, 1.165) is 10.7 Å². The van der Waals surface area contributed by atoms with Crippen LogP contribution in [0.2, 0.25) is 0 Å². The highest BCUT2D eigenvalue weighted by Crippen LogP contribution is 2.23. The lowest BCUT2D eigenvalue weighted by Gasteiger charge is -2.11. The van der Waals surface area contributed by atoms with Crippen LogP contribution in [0.15, 0.2) is 65.5 Å². The van der Waals surface area contributed by atoms with Gasteiger partial charge in [0.05, 0.1) is 16.8 Å². The van der Waals surface area contributed by atoms with Crippen LogP contribution in [0.3, 0.4) is 0 Å². The van der Waals surface area contributed by atoms with E-state index < -0.39 is 23.3 Å². The molecule has 2 aromatic carbocycles. The second-order valence-corrected chi connectivity index (χ2v) is 5.51. The maximum atomic E-state index is 12.3. The van der Waals surface area contributed by atoms with Gasteiger partial charge in [0.2, 0.25) is 0 Å². The van der Waals surface area contributed by atoms with Gasteiger partial charge >= 0.3 is 5.97 Å². The van der Waals surface area contributed by atoms with E-state index in [9.17, 15) is 19.2 Å². The number of benzene rings is 2. The van der Waals surface area contributed by atoms with E-state index in [2.05, 4.69) is 5.10 Å². The van der Waals surface area contributed by atoms with Gasteiger partial charge in [0.25, 0.3) is 17.4 Å². The van der Waals surface area contributed by atoms with Crippen molar-refractivity contribution in [3.8, 4) is 5.69 Å². The minimum absolute atomic E-state index is 0.153. The van der Waals surface area contributed by atoms with Gasteiger partial charge in [-0.1, -0.05) is 35.4 Å². The molecule has 0 bridgehead atoms. The third-order valence-corrected chi connectivity index (χ3v) is 3.89. The summed E-state index contributed by atoms with van der Waals surface area (Å²) in [6, 6.07) is 15.8. The number of hydrogen-bond donors (Lipinski definition) is 1. The first-order chi connectivity index (χ1) is 12.6. The number of hydroxylamine groups is 2. The monoisotopic (exact) mass is 349 g/mol. The Morgan fingerprint density at radius 1 is 0.846 bits per heavy atom. The summed E-state index contributed by atoms with van der Waals surface area (Å²) >= 11 is 0. The fraction of sp³-hybridized carbons (Fsp3) is 0. The molecule has 0 saturated heterocycles. The topological polar surface area (TPSA) is 101 Å². The van der Waals surface area contributed by atoms with E-state index in [4.69, 9.17) is 4.84 Å². The number of hydrogen-bond acceptors (Lipinski definition) is 5. The van der Waals surface area contributed by atoms with Gasteiger partial charge < -0.3 is 4.84 Å². The number of nitrogens with zero attached hydrogens (tertiary/aromatic N) is 2. The van der Waals surface area contributed by atoms with Crippen molar-refractivity contribution in [3.05, 3.63) is 87.8 Å². The van der Waals surface area contributed by atoms with E-state index in [1.807, 2.05) is 0 Å². The molecule has 0 spiro atoms. The number of rotatable bonds is 3. The molecule has 8 heteroatoms. The first kappa shape index (κ1) is 15.6. The normalized spacial score (nSPS) is 13.0. The Hall–Kier alpha value is -3.94. The van der Waals surface area contributed by atoms with E-state index >= 15 is 0 Å². The number of carbonyl (C=O) groups is 3. The number of carbonyl (C=O) groups excluding carboxylic acids is 3. The van der Waals surface area contributed by atoms with Crippen molar-refractivity contribution in [2.45, 2.75) is 0 Å². The lowest BCUT2D eigenvalue weighted by Crippen LogP contribution is -2.32. The summed E-state index contributed by atoms with van der Waals surface area (Å²) in [5.41, 5.74) is 0.166. The molecule has 1 aliphatic rings. The van der Waals surface area contributed by atoms with Crippen molar-refractivity contribution in [2.24, 2.45) is 0 Å². The van der Waals surface area contributed by atoms with Gasteiger partial charge in [-0.05, 0) is 24.3 Å². The summed E-state index contributed by atoms with van der Waals surface area (Å²) in [5, 5.41) is 3.00. The van der Waals surface area contributed by atoms with Crippen LogP contribution in [-0.4, -0.2) is 32.6 Å². The fourth-order valence-corrected chi connectivity index (χ4v) is 2.65. The SMILES string of the molecule is O=C(ON1C(=O)c2ccccc2C1=O)c1cc(=O)n(-c2ccccc2)[nH]1. The Kier molecular flexibility index (Phi) is 3.51. The molecule has 0 atom stereocenters. The molecule has 1 aromatic heterocycles. The molecular weight excluding hydrogens is 338 g/mol. The Balaban J connectivity index is 1.60. The number of aromatic amines is 1. The van der Waals surface area contributed by atoms with E-state index in [1.54, 1.807) is 42.5 Å². The van der Waals surface area contributed by atoms with Crippen LogP contribution in [0.5, 0.6) is 0 Å². The summed E-state index contributed by atoms with van der Waals surface area (Å²) in [5.74, 6) is -2.49. The van der Waals surface area contributed by atoms with Gasteiger partial charge in [-0.15, -0.1) is 0 Å². The van der Waals surface area contributed by atoms with Gasteiger partial charge in [-0.2, -0.15) is 0 Å². The standard InChI is InChI=1S/C18H11N3O5/c22-15-10-14(19-20(15)11-6-2-1-3-7-11)18(25)26-21-16(23)12-8-4-5-9-13(12)17(21)24/h1-10,19H. The number of amides is 2. The van der Waals surface area contributed by atoms with Crippen LogP contribution in [-0.2, 0) is 4.84 Å². The van der Waals surface area contributed by atoms with Crippen LogP contribution in [0.25, 0.3) is 5.69 Å². The van der Waals surface area contributed by atoms with Gasteiger partial charge in [0.15, 0.2) is 0 Å². The number of aromatic nitrogens is 2. The molecule has 0 saturated carbocycles. The molecule has 4 rings (SSSR count). The highest BCUT2D eigenvalue weighted by atomic mass is 16.7. The second-order valence-electron chi connectivity index (χ2n) is 5.51. The first-order valence-electron chi connectivity index (χ1n) is 7.64. The number of fused-ring (bicyclic) bond motifs is 1. The summed E-state index contributed by atoms with van der Waals surface area (Å²) in [4.78, 5) is 53.7. The quantitative estimate of drug-likeness (QED) is 0.723. The Morgan fingerprint density at radius 2 is 1.42 bits per heavy atom. The Bertz CT molecular complexity index is 1060. The summed E-state index contributed by atoms with van der Waals surface area (Å²) in [6.07, 6.45) is 0. The van der Waals surface area contributed by atoms with Crippen LogP contribution in [0.4, 0.5) is 0 Å². The summed E-state index contributed by atoms with van der Waals surface area (Å²) in [6.45, 7) is 0. The lowest BCUT2D eigenvalue weighted by molar-refractivity contribution is -0.0588. The molecule has 0 fully saturated rings. The van der Waals surface area contributed by atoms with Crippen LogP contribution in [0.1, 0.15) is 31.2 Å². The first-order valence-corrected chi connectivity index (χ1v) is 7.64. The minimum Gasteiger partial charge on any atom is -0.323 e. The van der Waals surface area contributed by atoms with E-state index in [1.165, 1.54) is 12.1 Å². The van der Waals surface area contributed by atoms with Crippen molar-refractivity contribution in [2.75, 3.05) is 0 Å².